The molecule has 2 N–H and O–H groups in total. The molecule has 1 aliphatic rings. The van der Waals surface area contributed by atoms with E-state index in [1.54, 1.807) is 14.2 Å². The number of methoxy groups -OCH3 is 2. The zero-order valence-corrected chi connectivity index (χ0v) is 15.0. The molecular weight excluding hydrogens is 318 g/mol. The van der Waals surface area contributed by atoms with Gasteiger partial charge in [-0.1, -0.05) is 6.07 Å². The molecule has 2 heterocycles. The highest BCUT2D eigenvalue weighted by atomic mass is 16.5. The Bertz CT molecular complexity index is 639. The minimum absolute atomic E-state index is 0.266. The van der Waals surface area contributed by atoms with E-state index < -0.39 is 0 Å². The van der Waals surface area contributed by atoms with E-state index in [4.69, 9.17) is 14.2 Å². The third-order valence-corrected chi connectivity index (χ3v) is 4.61. The Hall–Kier alpha value is -2.02. The number of nitrogens with zero attached hydrogens (tertiary/aromatic N) is 1. The summed E-state index contributed by atoms with van der Waals surface area (Å²) in [4.78, 5) is 5.56. The van der Waals surface area contributed by atoms with Gasteiger partial charge in [0.05, 0.1) is 27.4 Å². The van der Waals surface area contributed by atoms with Crippen molar-refractivity contribution < 1.29 is 14.2 Å². The van der Waals surface area contributed by atoms with Crippen LogP contribution in [0.15, 0.2) is 36.7 Å². The number of morpholine rings is 1. The second-order valence-electron chi connectivity index (χ2n) is 6.13. The molecule has 0 saturated carbocycles. The van der Waals surface area contributed by atoms with Crippen LogP contribution in [0, 0.1) is 0 Å². The summed E-state index contributed by atoms with van der Waals surface area (Å²) in [6, 6.07) is 8.54. The predicted molar refractivity (Wildman–Crippen MR) is 97.2 cm³/mol. The van der Waals surface area contributed by atoms with Gasteiger partial charge >= 0.3 is 0 Å². The van der Waals surface area contributed by atoms with E-state index in [2.05, 4.69) is 33.4 Å². The average Bonchev–Trinajstić information content (AvgIpc) is 3.19. The van der Waals surface area contributed by atoms with E-state index in [1.807, 2.05) is 18.5 Å². The molecule has 1 aliphatic heterocycles. The molecule has 1 atom stereocenters. The lowest BCUT2D eigenvalue weighted by Crippen LogP contribution is -2.42. The summed E-state index contributed by atoms with van der Waals surface area (Å²) in [5.41, 5.74) is 2.48. The molecule has 2 aromatic rings. The molecule has 0 bridgehead atoms. The Morgan fingerprint density at radius 1 is 1.16 bits per heavy atom. The van der Waals surface area contributed by atoms with Crippen molar-refractivity contribution in [3.05, 3.63) is 47.8 Å². The number of hydrogen-bond acceptors (Lipinski definition) is 5. The lowest BCUT2D eigenvalue weighted by molar-refractivity contribution is 0.0160. The number of aromatic amines is 1. The molecule has 0 spiro atoms. The Morgan fingerprint density at radius 3 is 2.64 bits per heavy atom. The fourth-order valence-corrected chi connectivity index (χ4v) is 3.23. The van der Waals surface area contributed by atoms with Crippen molar-refractivity contribution in [2.24, 2.45) is 0 Å². The van der Waals surface area contributed by atoms with Crippen molar-refractivity contribution in [1.29, 1.82) is 0 Å². The molecule has 1 fully saturated rings. The zero-order chi connectivity index (χ0) is 17.5. The van der Waals surface area contributed by atoms with Gasteiger partial charge in [0.2, 0.25) is 0 Å². The van der Waals surface area contributed by atoms with E-state index in [0.29, 0.717) is 0 Å². The van der Waals surface area contributed by atoms with Crippen LogP contribution < -0.4 is 14.8 Å². The molecule has 25 heavy (non-hydrogen) atoms. The molecule has 0 aliphatic carbocycles. The number of benzene rings is 1. The number of hydrogen-bond donors (Lipinski definition) is 2. The van der Waals surface area contributed by atoms with Gasteiger partial charge < -0.3 is 24.5 Å². The minimum Gasteiger partial charge on any atom is -0.493 e. The maximum Gasteiger partial charge on any atom is 0.161 e. The third-order valence-electron chi connectivity index (χ3n) is 4.61. The fourth-order valence-electron chi connectivity index (χ4n) is 3.23. The van der Waals surface area contributed by atoms with Crippen LogP contribution in [0.3, 0.4) is 0 Å². The molecule has 6 heteroatoms. The molecule has 0 radical (unpaired) electrons. The smallest absolute Gasteiger partial charge is 0.161 e. The van der Waals surface area contributed by atoms with Crippen LogP contribution in [0.4, 0.5) is 0 Å². The van der Waals surface area contributed by atoms with E-state index >= 15 is 0 Å². The fraction of sp³-hybridized carbons (Fsp3) is 0.474. The molecule has 1 saturated heterocycles. The van der Waals surface area contributed by atoms with E-state index in [-0.39, 0.29) is 6.04 Å². The van der Waals surface area contributed by atoms with Crippen molar-refractivity contribution >= 4 is 0 Å². The number of H-pyrrole nitrogens is 1. The van der Waals surface area contributed by atoms with Crippen molar-refractivity contribution in [2.45, 2.75) is 12.6 Å². The maximum absolute atomic E-state index is 5.52. The van der Waals surface area contributed by atoms with Crippen LogP contribution in [0.25, 0.3) is 0 Å². The van der Waals surface area contributed by atoms with Gasteiger partial charge in [0.1, 0.15) is 0 Å². The van der Waals surface area contributed by atoms with Gasteiger partial charge in [-0.25, -0.2) is 0 Å². The summed E-state index contributed by atoms with van der Waals surface area (Å²) in [6.07, 6.45) is 3.97. The first kappa shape index (κ1) is 17.8. The third kappa shape index (κ3) is 4.54. The first-order valence-corrected chi connectivity index (χ1v) is 8.68. The molecule has 1 unspecified atom stereocenters. The Kier molecular flexibility index (Phi) is 6.33. The van der Waals surface area contributed by atoms with Crippen LogP contribution in [-0.4, -0.2) is 57.0 Å². The second kappa shape index (κ2) is 8.89. The van der Waals surface area contributed by atoms with Crippen LogP contribution in [0.1, 0.15) is 17.2 Å². The number of ether oxygens (including phenoxy) is 3. The summed E-state index contributed by atoms with van der Waals surface area (Å²) in [6.45, 7) is 5.14. The summed E-state index contributed by atoms with van der Waals surface area (Å²) >= 11 is 0. The lowest BCUT2D eigenvalue weighted by atomic mass is 10.0. The van der Waals surface area contributed by atoms with Gasteiger partial charge in [-0.05, 0) is 29.3 Å². The van der Waals surface area contributed by atoms with Crippen molar-refractivity contribution in [3.63, 3.8) is 0 Å². The van der Waals surface area contributed by atoms with Crippen molar-refractivity contribution in [1.82, 2.24) is 15.2 Å². The van der Waals surface area contributed by atoms with E-state index in [1.165, 1.54) is 11.1 Å². The first-order chi connectivity index (χ1) is 12.3. The highest BCUT2D eigenvalue weighted by Gasteiger charge is 2.23. The van der Waals surface area contributed by atoms with E-state index in [9.17, 15) is 0 Å². The first-order valence-electron chi connectivity index (χ1n) is 8.68. The van der Waals surface area contributed by atoms with Crippen LogP contribution >= 0.6 is 0 Å². The van der Waals surface area contributed by atoms with Gasteiger partial charge in [0.25, 0.3) is 0 Å². The zero-order valence-electron chi connectivity index (χ0n) is 15.0. The number of nitrogens with one attached hydrogen (secondary N) is 2. The van der Waals surface area contributed by atoms with Gasteiger partial charge in [0.15, 0.2) is 11.5 Å². The maximum atomic E-state index is 5.52. The Balaban J connectivity index is 1.75. The van der Waals surface area contributed by atoms with Gasteiger partial charge in [-0.2, -0.15) is 0 Å². The van der Waals surface area contributed by atoms with Crippen molar-refractivity contribution in [3.8, 4) is 11.5 Å². The van der Waals surface area contributed by atoms with Crippen LogP contribution in [0.2, 0.25) is 0 Å². The highest BCUT2D eigenvalue weighted by Crippen LogP contribution is 2.32. The van der Waals surface area contributed by atoms with Crippen LogP contribution in [0.5, 0.6) is 11.5 Å². The summed E-state index contributed by atoms with van der Waals surface area (Å²) in [5, 5.41) is 3.58. The molecule has 6 nitrogen and oxygen atoms in total. The summed E-state index contributed by atoms with van der Waals surface area (Å²) in [7, 11) is 3.34. The van der Waals surface area contributed by atoms with Gasteiger partial charge in [0, 0.05) is 44.6 Å². The molecule has 136 valence electrons. The minimum atomic E-state index is 0.266. The Labute approximate surface area is 149 Å². The molecule has 3 rings (SSSR count). The Morgan fingerprint density at radius 2 is 1.96 bits per heavy atom. The highest BCUT2D eigenvalue weighted by molar-refractivity contribution is 5.44. The monoisotopic (exact) mass is 345 g/mol. The van der Waals surface area contributed by atoms with Crippen molar-refractivity contribution in [2.75, 3.05) is 47.1 Å². The standard InChI is InChI=1S/C19H27N3O3/c1-23-18-4-3-16(11-19(18)24-2)17(22-7-9-25-10-8-22)14-21-13-15-5-6-20-12-15/h3-6,11-12,17,20-21H,7-10,13-14H2,1-2H3. The molecule has 1 aromatic carbocycles. The number of aromatic nitrogens is 1. The van der Waals surface area contributed by atoms with Crippen LogP contribution in [-0.2, 0) is 11.3 Å². The average molecular weight is 345 g/mol. The topological polar surface area (TPSA) is 58.8 Å². The normalized spacial score (nSPS) is 16.6. The molecule has 0 amide bonds. The summed E-state index contributed by atoms with van der Waals surface area (Å²) < 4.78 is 16.4. The summed E-state index contributed by atoms with van der Waals surface area (Å²) in [5.74, 6) is 1.52. The van der Waals surface area contributed by atoms with Gasteiger partial charge in [-0.3, -0.25) is 4.90 Å². The van der Waals surface area contributed by atoms with E-state index in [0.717, 1.165) is 50.9 Å². The quantitative estimate of drug-likeness (QED) is 0.768. The molecule has 1 aromatic heterocycles. The largest absolute Gasteiger partial charge is 0.493 e. The predicted octanol–water partition coefficient (Wildman–Crippen LogP) is 2.19. The number of rotatable bonds is 8. The second-order valence-corrected chi connectivity index (χ2v) is 6.13. The lowest BCUT2D eigenvalue weighted by Gasteiger charge is -2.35. The van der Waals surface area contributed by atoms with Gasteiger partial charge in [-0.15, -0.1) is 0 Å². The SMILES string of the molecule is COc1ccc(C(CNCc2cc[nH]c2)N2CCOCC2)cc1OC. The molecular formula is C19H27N3O3.